The highest BCUT2D eigenvalue weighted by atomic mass is 16.6. The lowest BCUT2D eigenvalue weighted by atomic mass is 9.82. The first-order valence-corrected chi connectivity index (χ1v) is 14.3. The molecule has 3 aliphatic heterocycles. The predicted octanol–water partition coefficient (Wildman–Crippen LogP) is 5.20. The lowest BCUT2D eigenvalue weighted by molar-refractivity contribution is -0.148. The van der Waals surface area contributed by atoms with Gasteiger partial charge in [-0.1, -0.05) is 69.2 Å². The Morgan fingerprint density at radius 2 is 1.89 bits per heavy atom. The molecular formula is C31H46O6. The zero-order valence-electron chi connectivity index (χ0n) is 22.5. The van der Waals surface area contributed by atoms with Gasteiger partial charge in [0.15, 0.2) is 0 Å². The Balaban J connectivity index is 1.44. The fraction of sp³-hybridized carbons (Fsp3) is 0.710. The van der Waals surface area contributed by atoms with Crippen LogP contribution in [0.1, 0.15) is 78.1 Å². The summed E-state index contributed by atoms with van der Waals surface area (Å²) in [6.45, 7) is 8.68. The molecule has 2 fully saturated rings. The number of cyclic esters (lactones) is 1. The Labute approximate surface area is 222 Å². The number of ether oxygens (including phenoxy) is 3. The fourth-order valence-electron chi connectivity index (χ4n) is 6.24. The number of epoxide rings is 1. The fourth-order valence-corrected chi connectivity index (χ4v) is 6.24. The number of hydrogen-bond donors (Lipinski definition) is 2. The van der Waals surface area contributed by atoms with Gasteiger partial charge in [-0.3, -0.25) is 0 Å². The Kier molecular flexibility index (Phi) is 10.2. The highest BCUT2D eigenvalue weighted by Gasteiger charge is 2.46. The number of carbonyl (C=O) groups excluding carboxylic acids is 1. The van der Waals surface area contributed by atoms with Crippen molar-refractivity contribution >= 4 is 5.97 Å². The second-order valence-electron chi connectivity index (χ2n) is 11.9. The van der Waals surface area contributed by atoms with Gasteiger partial charge < -0.3 is 24.4 Å². The molecule has 4 aliphatic rings. The first-order valence-electron chi connectivity index (χ1n) is 14.3. The molecule has 0 aromatic carbocycles. The van der Waals surface area contributed by atoms with Gasteiger partial charge >= 0.3 is 5.97 Å². The van der Waals surface area contributed by atoms with Gasteiger partial charge in [-0.05, 0) is 62.7 Å². The van der Waals surface area contributed by atoms with Crippen LogP contribution in [0, 0.1) is 17.8 Å². The second kappa shape index (κ2) is 13.4. The van der Waals surface area contributed by atoms with Gasteiger partial charge in [0.2, 0.25) is 0 Å². The molecule has 6 nitrogen and oxygen atoms in total. The zero-order chi connectivity index (χ0) is 26.4. The highest BCUT2D eigenvalue weighted by molar-refractivity contribution is 5.82. The maximum Gasteiger partial charge on any atom is 0.330 e. The molecule has 2 bridgehead atoms. The average Bonchev–Trinajstić information content (AvgIpc) is 3.61. The second-order valence-corrected chi connectivity index (χ2v) is 11.9. The smallest absolute Gasteiger partial charge is 0.330 e. The summed E-state index contributed by atoms with van der Waals surface area (Å²) in [4.78, 5) is 12.7. The summed E-state index contributed by atoms with van der Waals surface area (Å²) in [5.74, 6) is 1.05. The normalized spacial score (nSPS) is 41.8. The van der Waals surface area contributed by atoms with Crippen molar-refractivity contribution < 1.29 is 29.2 Å². The summed E-state index contributed by atoms with van der Waals surface area (Å²) < 4.78 is 17.7. The monoisotopic (exact) mass is 514 g/mol. The minimum absolute atomic E-state index is 0.0678. The van der Waals surface area contributed by atoms with Crippen molar-refractivity contribution in [2.75, 3.05) is 0 Å². The van der Waals surface area contributed by atoms with Crippen molar-refractivity contribution in [2.45, 2.75) is 121 Å². The number of fused-ring (bicyclic) bond motifs is 3. The van der Waals surface area contributed by atoms with Crippen molar-refractivity contribution in [3.05, 3.63) is 48.6 Å². The Morgan fingerprint density at radius 3 is 2.70 bits per heavy atom. The first kappa shape index (κ1) is 28.3. The van der Waals surface area contributed by atoms with Crippen LogP contribution in [0.2, 0.25) is 0 Å². The highest BCUT2D eigenvalue weighted by Crippen LogP contribution is 2.35. The van der Waals surface area contributed by atoms with Crippen molar-refractivity contribution in [3.63, 3.8) is 0 Å². The third kappa shape index (κ3) is 8.91. The van der Waals surface area contributed by atoms with Gasteiger partial charge in [0, 0.05) is 12.5 Å². The third-order valence-electron chi connectivity index (χ3n) is 8.21. The summed E-state index contributed by atoms with van der Waals surface area (Å²) in [7, 11) is 0. The molecule has 1 aliphatic carbocycles. The van der Waals surface area contributed by atoms with Crippen molar-refractivity contribution in [1.29, 1.82) is 0 Å². The van der Waals surface area contributed by atoms with E-state index in [9.17, 15) is 15.0 Å². The molecule has 2 N–H and O–H groups in total. The molecular weight excluding hydrogens is 468 g/mol. The number of allylic oxidation sites excluding steroid dienone is 1. The Hall–Kier alpha value is -1.73. The topological polar surface area (TPSA) is 88.5 Å². The number of rotatable bonds is 3. The first-order chi connectivity index (χ1) is 17.8. The molecule has 4 rings (SSSR count). The lowest BCUT2D eigenvalue weighted by Crippen LogP contribution is -2.32. The van der Waals surface area contributed by atoms with E-state index in [1.165, 1.54) is 18.9 Å². The van der Waals surface area contributed by atoms with E-state index in [2.05, 4.69) is 38.7 Å². The minimum atomic E-state index is -0.927. The average molecular weight is 515 g/mol. The van der Waals surface area contributed by atoms with Gasteiger partial charge in [0.1, 0.15) is 18.3 Å². The zero-order valence-corrected chi connectivity index (χ0v) is 22.5. The summed E-state index contributed by atoms with van der Waals surface area (Å²) >= 11 is 0. The van der Waals surface area contributed by atoms with E-state index >= 15 is 0 Å². The van der Waals surface area contributed by atoms with Crippen LogP contribution in [-0.4, -0.2) is 58.9 Å². The molecule has 0 aromatic heterocycles. The summed E-state index contributed by atoms with van der Waals surface area (Å²) in [6, 6.07) is 0. The molecule has 7 unspecified atom stereocenters. The lowest BCUT2D eigenvalue weighted by Gasteiger charge is -2.28. The summed E-state index contributed by atoms with van der Waals surface area (Å²) in [5.41, 5.74) is 1.01. The van der Waals surface area contributed by atoms with Crippen LogP contribution >= 0.6 is 0 Å². The van der Waals surface area contributed by atoms with Crippen molar-refractivity contribution in [2.24, 2.45) is 17.8 Å². The molecule has 206 valence electrons. The molecule has 37 heavy (non-hydrogen) atoms. The maximum atomic E-state index is 12.7. The minimum Gasteiger partial charge on any atom is -0.456 e. The number of aliphatic hydroxyl groups is 2. The van der Waals surface area contributed by atoms with E-state index in [1.807, 2.05) is 0 Å². The van der Waals surface area contributed by atoms with Gasteiger partial charge in [0.25, 0.3) is 0 Å². The van der Waals surface area contributed by atoms with Crippen LogP contribution in [0.3, 0.4) is 0 Å². The molecule has 1 saturated heterocycles. The standard InChI is InChI=1S/C31H46O6/c1-20-7-4-8-23(16-20)13-14-26(32)28-19-29-31(37-29)27(33)18-22(3)15-21(2)17-25-11-5-9-24(35-25)10-6-12-30(34)36-28/h5-6,9,12-14,20-21,23-29,31-33H,3-4,7-8,10-11,15-19H2,1-2H3/b12-6-,14-13+/t20?,21?,23?,24?,25?,26?,27-,28?,29-,31-/m0/s1. The van der Waals surface area contributed by atoms with Crippen LogP contribution < -0.4 is 0 Å². The largest absolute Gasteiger partial charge is 0.456 e. The van der Waals surface area contributed by atoms with Gasteiger partial charge in [0.05, 0.1) is 24.4 Å². The molecule has 1 saturated carbocycles. The Bertz CT molecular complexity index is 862. The maximum absolute atomic E-state index is 12.7. The molecule has 10 atom stereocenters. The summed E-state index contributed by atoms with van der Waals surface area (Å²) in [6.07, 6.45) is 17.2. The van der Waals surface area contributed by atoms with E-state index in [1.54, 1.807) is 12.2 Å². The number of esters is 1. The van der Waals surface area contributed by atoms with Crippen LogP contribution in [-0.2, 0) is 19.0 Å². The quantitative estimate of drug-likeness (QED) is 0.306. The molecule has 3 heterocycles. The molecule has 0 amide bonds. The van der Waals surface area contributed by atoms with Gasteiger partial charge in [-0.2, -0.15) is 0 Å². The van der Waals surface area contributed by atoms with E-state index < -0.39 is 24.3 Å². The van der Waals surface area contributed by atoms with Crippen LogP contribution in [0.25, 0.3) is 0 Å². The number of aliphatic hydroxyl groups excluding tert-OH is 2. The van der Waals surface area contributed by atoms with E-state index in [0.717, 1.165) is 37.7 Å². The summed E-state index contributed by atoms with van der Waals surface area (Å²) in [5, 5.41) is 21.8. The van der Waals surface area contributed by atoms with Crippen molar-refractivity contribution in [1.82, 2.24) is 0 Å². The molecule has 0 aromatic rings. The molecule has 0 radical (unpaired) electrons. The van der Waals surface area contributed by atoms with Gasteiger partial charge in [-0.15, -0.1) is 0 Å². The van der Waals surface area contributed by atoms with Crippen LogP contribution in [0.15, 0.2) is 48.6 Å². The van der Waals surface area contributed by atoms with E-state index in [4.69, 9.17) is 14.2 Å². The Morgan fingerprint density at radius 1 is 1.05 bits per heavy atom. The number of carbonyl (C=O) groups is 1. The van der Waals surface area contributed by atoms with Gasteiger partial charge in [-0.25, -0.2) is 4.79 Å². The SMILES string of the molecule is C=C1CC(C)CC2CC=CC(C/C=C\C(=O)OC(C(O)/C=C/C3CCCC(C)C3)C[C@@H]3O[C@H]3[C@@H](O)C1)O2. The van der Waals surface area contributed by atoms with E-state index in [0.29, 0.717) is 37.0 Å². The molecule has 0 spiro atoms. The van der Waals surface area contributed by atoms with E-state index in [-0.39, 0.29) is 24.4 Å². The number of hydrogen-bond acceptors (Lipinski definition) is 6. The van der Waals surface area contributed by atoms with Crippen molar-refractivity contribution in [3.8, 4) is 0 Å². The van der Waals surface area contributed by atoms with Crippen LogP contribution in [0.4, 0.5) is 0 Å². The third-order valence-corrected chi connectivity index (χ3v) is 8.21. The molecule has 6 heteroatoms. The predicted molar refractivity (Wildman–Crippen MR) is 144 cm³/mol. The van der Waals surface area contributed by atoms with Crippen LogP contribution in [0.5, 0.6) is 0 Å².